The van der Waals surface area contributed by atoms with Crippen LogP contribution in [0.1, 0.15) is 26.2 Å². The van der Waals surface area contributed by atoms with E-state index in [4.69, 9.17) is 11.6 Å². The van der Waals surface area contributed by atoms with Crippen molar-refractivity contribution in [3.8, 4) is 0 Å². The lowest BCUT2D eigenvalue weighted by Gasteiger charge is -2.04. The quantitative estimate of drug-likeness (QED) is 0.580. The largest absolute Gasteiger partial charge is 0.385 e. The summed E-state index contributed by atoms with van der Waals surface area (Å²) in [7, 11) is 0. The monoisotopic (exact) mass is 198 g/mol. The summed E-state index contributed by atoms with van der Waals surface area (Å²) in [5.74, 6) is 0. The Hall–Kier alpha value is -0.760. The van der Waals surface area contributed by atoms with Crippen LogP contribution in [0.3, 0.4) is 0 Å². The Balaban J connectivity index is 2.28. The summed E-state index contributed by atoms with van der Waals surface area (Å²) in [5.41, 5.74) is 1.05. The van der Waals surface area contributed by atoms with Crippen LogP contribution in [0.15, 0.2) is 18.3 Å². The molecular formula is C10H15ClN2. The maximum absolute atomic E-state index is 5.73. The molecule has 0 aliphatic rings. The molecule has 0 bridgehead atoms. The number of anilines is 1. The van der Waals surface area contributed by atoms with Gasteiger partial charge >= 0.3 is 0 Å². The maximum Gasteiger partial charge on any atom is 0.131 e. The van der Waals surface area contributed by atoms with Crippen molar-refractivity contribution in [3.05, 3.63) is 23.5 Å². The molecule has 3 heteroatoms. The van der Waals surface area contributed by atoms with Crippen LogP contribution in [0.5, 0.6) is 0 Å². The van der Waals surface area contributed by atoms with Crippen LogP contribution < -0.4 is 5.32 Å². The zero-order chi connectivity index (χ0) is 9.52. The first-order valence-electron chi connectivity index (χ1n) is 4.68. The van der Waals surface area contributed by atoms with Gasteiger partial charge in [0.05, 0.1) is 0 Å². The van der Waals surface area contributed by atoms with Crippen molar-refractivity contribution in [2.24, 2.45) is 0 Å². The van der Waals surface area contributed by atoms with E-state index in [1.54, 1.807) is 6.20 Å². The molecule has 1 heterocycles. The first-order chi connectivity index (χ1) is 6.33. The SMILES string of the molecule is CCCCCNc1ccnc(Cl)c1. The fourth-order valence-corrected chi connectivity index (χ4v) is 1.29. The Bertz CT molecular complexity index is 250. The van der Waals surface area contributed by atoms with Crippen molar-refractivity contribution < 1.29 is 0 Å². The van der Waals surface area contributed by atoms with Gasteiger partial charge in [0.15, 0.2) is 0 Å². The number of rotatable bonds is 5. The summed E-state index contributed by atoms with van der Waals surface area (Å²) < 4.78 is 0. The van der Waals surface area contributed by atoms with Crippen LogP contribution >= 0.6 is 11.6 Å². The van der Waals surface area contributed by atoms with Crippen LogP contribution in [0.25, 0.3) is 0 Å². The van der Waals surface area contributed by atoms with E-state index in [1.165, 1.54) is 19.3 Å². The predicted molar refractivity (Wildman–Crippen MR) is 57.3 cm³/mol. The average Bonchev–Trinajstić information content (AvgIpc) is 2.13. The summed E-state index contributed by atoms with van der Waals surface area (Å²) in [4.78, 5) is 3.91. The summed E-state index contributed by atoms with van der Waals surface area (Å²) in [6.07, 6.45) is 5.44. The Morgan fingerprint density at radius 2 is 2.31 bits per heavy atom. The smallest absolute Gasteiger partial charge is 0.131 e. The van der Waals surface area contributed by atoms with Crippen LogP contribution in [0, 0.1) is 0 Å². The zero-order valence-electron chi connectivity index (χ0n) is 7.89. The van der Waals surface area contributed by atoms with Gasteiger partial charge in [-0.1, -0.05) is 31.4 Å². The minimum Gasteiger partial charge on any atom is -0.385 e. The molecule has 1 aromatic heterocycles. The van der Waals surface area contributed by atoms with E-state index in [1.807, 2.05) is 12.1 Å². The second kappa shape index (κ2) is 5.81. The van der Waals surface area contributed by atoms with Gasteiger partial charge in [0.25, 0.3) is 0 Å². The molecule has 1 rings (SSSR count). The normalized spacial score (nSPS) is 10.0. The van der Waals surface area contributed by atoms with E-state index in [2.05, 4.69) is 17.2 Å². The minimum absolute atomic E-state index is 0.542. The van der Waals surface area contributed by atoms with E-state index < -0.39 is 0 Å². The number of aromatic nitrogens is 1. The van der Waals surface area contributed by atoms with E-state index in [0.29, 0.717) is 5.15 Å². The van der Waals surface area contributed by atoms with Crippen molar-refractivity contribution in [1.82, 2.24) is 4.98 Å². The summed E-state index contributed by atoms with van der Waals surface area (Å²) in [6, 6.07) is 3.77. The van der Waals surface area contributed by atoms with Gasteiger partial charge in [0.2, 0.25) is 0 Å². The van der Waals surface area contributed by atoms with Gasteiger partial charge in [-0.15, -0.1) is 0 Å². The molecule has 1 aromatic rings. The molecule has 1 N–H and O–H groups in total. The van der Waals surface area contributed by atoms with Gasteiger partial charge in [-0.05, 0) is 18.6 Å². The van der Waals surface area contributed by atoms with E-state index in [0.717, 1.165) is 12.2 Å². The number of unbranched alkanes of at least 4 members (excludes halogenated alkanes) is 2. The van der Waals surface area contributed by atoms with E-state index in [-0.39, 0.29) is 0 Å². The molecule has 0 spiro atoms. The van der Waals surface area contributed by atoms with Crippen molar-refractivity contribution in [2.45, 2.75) is 26.2 Å². The Labute approximate surface area is 84.3 Å². The second-order valence-electron chi connectivity index (χ2n) is 3.00. The van der Waals surface area contributed by atoms with Gasteiger partial charge in [0.1, 0.15) is 5.15 Å². The molecular weight excluding hydrogens is 184 g/mol. The number of hydrogen-bond donors (Lipinski definition) is 1. The summed E-state index contributed by atoms with van der Waals surface area (Å²) in [5, 5.41) is 3.84. The highest BCUT2D eigenvalue weighted by atomic mass is 35.5. The Kier molecular flexibility index (Phi) is 4.61. The molecule has 0 aliphatic heterocycles. The fraction of sp³-hybridized carbons (Fsp3) is 0.500. The molecule has 0 amide bonds. The van der Waals surface area contributed by atoms with E-state index >= 15 is 0 Å². The first kappa shape index (κ1) is 10.3. The lowest BCUT2D eigenvalue weighted by molar-refractivity contribution is 0.744. The predicted octanol–water partition coefficient (Wildman–Crippen LogP) is 3.34. The summed E-state index contributed by atoms with van der Waals surface area (Å²) >= 11 is 5.73. The highest BCUT2D eigenvalue weighted by Gasteiger charge is 1.92. The third kappa shape index (κ3) is 4.13. The molecule has 0 unspecified atom stereocenters. The van der Waals surface area contributed by atoms with Crippen LogP contribution in [-0.2, 0) is 0 Å². The Morgan fingerprint density at radius 3 is 3.00 bits per heavy atom. The number of hydrogen-bond acceptors (Lipinski definition) is 2. The molecule has 0 fully saturated rings. The minimum atomic E-state index is 0.542. The average molecular weight is 199 g/mol. The topological polar surface area (TPSA) is 24.9 Å². The molecule has 72 valence electrons. The zero-order valence-corrected chi connectivity index (χ0v) is 8.64. The molecule has 0 aliphatic carbocycles. The maximum atomic E-state index is 5.73. The van der Waals surface area contributed by atoms with Crippen LogP contribution in [0.4, 0.5) is 5.69 Å². The molecule has 13 heavy (non-hydrogen) atoms. The lowest BCUT2D eigenvalue weighted by atomic mass is 10.2. The molecule has 0 saturated heterocycles. The van der Waals surface area contributed by atoms with Crippen LogP contribution in [0.2, 0.25) is 5.15 Å². The fourth-order valence-electron chi connectivity index (χ4n) is 1.12. The third-order valence-electron chi connectivity index (χ3n) is 1.84. The van der Waals surface area contributed by atoms with E-state index in [9.17, 15) is 0 Å². The number of nitrogens with one attached hydrogen (secondary N) is 1. The molecule has 0 atom stereocenters. The lowest BCUT2D eigenvalue weighted by Crippen LogP contribution is -2.00. The Morgan fingerprint density at radius 1 is 1.46 bits per heavy atom. The number of pyridine rings is 1. The van der Waals surface area contributed by atoms with Gasteiger partial charge in [-0.25, -0.2) is 4.98 Å². The standard InChI is InChI=1S/C10H15ClN2/c1-2-3-4-6-12-9-5-7-13-10(11)8-9/h5,7-8H,2-4,6H2,1H3,(H,12,13). The number of nitrogens with zero attached hydrogens (tertiary/aromatic N) is 1. The van der Waals surface area contributed by atoms with Crippen molar-refractivity contribution in [1.29, 1.82) is 0 Å². The second-order valence-corrected chi connectivity index (χ2v) is 3.39. The van der Waals surface area contributed by atoms with Gasteiger partial charge < -0.3 is 5.32 Å². The van der Waals surface area contributed by atoms with Crippen molar-refractivity contribution in [2.75, 3.05) is 11.9 Å². The van der Waals surface area contributed by atoms with Crippen LogP contribution in [-0.4, -0.2) is 11.5 Å². The van der Waals surface area contributed by atoms with Crippen molar-refractivity contribution >= 4 is 17.3 Å². The highest BCUT2D eigenvalue weighted by Crippen LogP contribution is 2.11. The molecule has 2 nitrogen and oxygen atoms in total. The third-order valence-corrected chi connectivity index (χ3v) is 2.04. The van der Waals surface area contributed by atoms with Gasteiger partial charge in [-0.3, -0.25) is 0 Å². The van der Waals surface area contributed by atoms with Gasteiger partial charge in [0, 0.05) is 18.4 Å². The molecule has 0 radical (unpaired) electrons. The van der Waals surface area contributed by atoms with Gasteiger partial charge in [-0.2, -0.15) is 0 Å². The first-order valence-corrected chi connectivity index (χ1v) is 5.06. The summed E-state index contributed by atoms with van der Waals surface area (Å²) in [6.45, 7) is 3.21. The van der Waals surface area contributed by atoms with Crippen molar-refractivity contribution in [3.63, 3.8) is 0 Å². The molecule has 0 saturated carbocycles. The highest BCUT2D eigenvalue weighted by molar-refractivity contribution is 6.29. The molecule has 0 aromatic carbocycles. The number of halogens is 1.